The highest BCUT2D eigenvalue weighted by molar-refractivity contribution is 5.77. The standard InChI is InChI=1S/C54H107NO5/c1-4-7-10-13-16-18-20-22-24-26-28-30-32-34-37-40-43-46-52(57)51(49-56)55-53(58)48-50(45-42-39-36-15-12-9-6-3)60-54(59)47-44-41-38-35-33-31-29-27-25-23-21-19-17-14-11-8-5-2/h50-52,56-57H,4-49H2,1-3H3,(H,55,58). The van der Waals surface area contributed by atoms with E-state index < -0.39 is 18.2 Å². The number of esters is 1. The highest BCUT2D eigenvalue weighted by Gasteiger charge is 2.24. The molecule has 0 aliphatic carbocycles. The number of hydrogen-bond donors (Lipinski definition) is 3. The number of nitrogens with one attached hydrogen (secondary N) is 1. The summed E-state index contributed by atoms with van der Waals surface area (Å²) in [6, 6.07) is -0.691. The van der Waals surface area contributed by atoms with Gasteiger partial charge in [-0.05, 0) is 25.7 Å². The Labute approximate surface area is 375 Å². The van der Waals surface area contributed by atoms with E-state index in [9.17, 15) is 19.8 Å². The summed E-state index contributed by atoms with van der Waals surface area (Å²) < 4.78 is 5.91. The van der Waals surface area contributed by atoms with Crippen molar-refractivity contribution in [1.82, 2.24) is 5.32 Å². The van der Waals surface area contributed by atoms with Gasteiger partial charge >= 0.3 is 5.97 Å². The first-order valence-corrected chi connectivity index (χ1v) is 27.3. The summed E-state index contributed by atoms with van der Waals surface area (Å²) in [5.74, 6) is -0.455. The fourth-order valence-electron chi connectivity index (χ4n) is 8.79. The minimum atomic E-state index is -0.779. The van der Waals surface area contributed by atoms with Gasteiger partial charge in [0, 0.05) is 6.42 Å². The Kier molecular flexibility index (Phi) is 48.0. The van der Waals surface area contributed by atoms with E-state index in [1.807, 2.05) is 0 Å². The van der Waals surface area contributed by atoms with Crippen LogP contribution in [0.25, 0.3) is 0 Å². The van der Waals surface area contributed by atoms with Crippen molar-refractivity contribution in [2.45, 2.75) is 328 Å². The summed E-state index contributed by atoms with van der Waals surface area (Å²) in [7, 11) is 0. The molecule has 0 saturated carbocycles. The molecular formula is C54H107NO5. The van der Waals surface area contributed by atoms with Crippen molar-refractivity contribution in [2.75, 3.05) is 6.61 Å². The summed E-state index contributed by atoms with van der Waals surface area (Å²) in [5, 5.41) is 23.8. The van der Waals surface area contributed by atoms with Gasteiger partial charge in [0.05, 0.1) is 25.2 Å². The molecular weight excluding hydrogens is 743 g/mol. The number of amides is 1. The second-order valence-electron chi connectivity index (χ2n) is 19.0. The van der Waals surface area contributed by atoms with Gasteiger partial charge in [0.1, 0.15) is 6.10 Å². The molecule has 0 rings (SSSR count). The van der Waals surface area contributed by atoms with Gasteiger partial charge in [0.2, 0.25) is 5.91 Å². The molecule has 0 spiro atoms. The second kappa shape index (κ2) is 48.9. The van der Waals surface area contributed by atoms with E-state index in [1.165, 1.54) is 225 Å². The Hall–Kier alpha value is -1.14. The molecule has 0 fully saturated rings. The Morgan fingerprint density at radius 3 is 1.02 bits per heavy atom. The van der Waals surface area contributed by atoms with Crippen molar-refractivity contribution in [3.05, 3.63) is 0 Å². The van der Waals surface area contributed by atoms with Crippen LogP contribution in [-0.4, -0.2) is 46.9 Å². The van der Waals surface area contributed by atoms with E-state index in [0.29, 0.717) is 19.3 Å². The number of hydrogen-bond acceptors (Lipinski definition) is 5. The van der Waals surface area contributed by atoms with Gasteiger partial charge in [-0.15, -0.1) is 0 Å². The quantitative estimate of drug-likeness (QED) is 0.0419. The van der Waals surface area contributed by atoms with Gasteiger partial charge in [0.15, 0.2) is 0 Å². The third-order valence-electron chi connectivity index (χ3n) is 12.9. The Balaban J connectivity index is 4.25. The van der Waals surface area contributed by atoms with Crippen LogP contribution in [0.5, 0.6) is 0 Å². The molecule has 358 valence electrons. The molecule has 3 unspecified atom stereocenters. The van der Waals surface area contributed by atoms with E-state index in [4.69, 9.17) is 4.74 Å². The Morgan fingerprint density at radius 2 is 0.700 bits per heavy atom. The van der Waals surface area contributed by atoms with Gasteiger partial charge in [-0.1, -0.05) is 271 Å². The van der Waals surface area contributed by atoms with Crippen molar-refractivity contribution >= 4 is 11.9 Å². The minimum absolute atomic E-state index is 0.0863. The third kappa shape index (κ3) is 43.5. The maximum atomic E-state index is 13.2. The van der Waals surface area contributed by atoms with E-state index >= 15 is 0 Å². The molecule has 60 heavy (non-hydrogen) atoms. The van der Waals surface area contributed by atoms with Crippen LogP contribution >= 0.6 is 0 Å². The zero-order chi connectivity index (χ0) is 43.8. The molecule has 6 heteroatoms. The average Bonchev–Trinajstić information content (AvgIpc) is 3.24. The predicted octanol–water partition coefficient (Wildman–Crippen LogP) is 16.4. The molecule has 0 aromatic rings. The van der Waals surface area contributed by atoms with Crippen molar-refractivity contribution in [2.24, 2.45) is 0 Å². The van der Waals surface area contributed by atoms with Crippen molar-refractivity contribution in [3.8, 4) is 0 Å². The molecule has 0 radical (unpaired) electrons. The van der Waals surface area contributed by atoms with Crippen LogP contribution in [0.3, 0.4) is 0 Å². The summed E-state index contributed by atoms with van der Waals surface area (Å²) in [6.45, 7) is 6.49. The fraction of sp³-hybridized carbons (Fsp3) is 0.963. The van der Waals surface area contributed by atoms with Gasteiger partial charge in [-0.3, -0.25) is 9.59 Å². The van der Waals surface area contributed by atoms with Crippen molar-refractivity contribution < 1.29 is 24.5 Å². The van der Waals surface area contributed by atoms with Crippen LogP contribution < -0.4 is 5.32 Å². The average molecular weight is 850 g/mol. The lowest BCUT2D eigenvalue weighted by Crippen LogP contribution is -2.46. The number of aliphatic hydroxyl groups excluding tert-OH is 2. The topological polar surface area (TPSA) is 95.9 Å². The molecule has 0 aromatic heterocycles. The number of rotatable bonds is 50. The van der Waals surface area contributed by atoms with Crippen LogP contribution in [0.2, 0.25) is 0 Å². The van der Waals surface area contributed by atoms with Crippen LogP contribution in [0.15, 0.2) is 0 Å². The Bertz CT molecular complexity index is 867. The van der Waals surface area contributed by atoms with Crippen LogP contribution in [0.1, 0.15) is 310 Å². The minimum Gasteiger partial charge on any atom is -0.462 e. The molecule has 0 aliphatic rings. The molecule has 1 amide bonds. The highest BCUT2D eigenvalue weighted by Crippen LogP contribution is 2.19. The third-order valence-corrected chi connectivity index (χ3v) is 12.9. The largest absolute Gasteiger partial charge is 0.462 e. The summed E-state index contributed by atoms with van der Waals surface area (Å²) in [6.07, 6.45) is 53.3. The van der Waals surface area contributed by atoms with Gasteiger partial charge in [-0.2, -0.15) is 0 Å². The summed E-state index contributed by atoms with van der Waals surface area (Å²) in [5.41, 5.74) is 0. The number of carbonyl (C=O) groups excluding carboxylic acids is 2. The first-order valence-electron chi connectivity index (χ1n) is 27.3. The zero-order valence-electron chi connectivity index (χ0n) is 40.9. The summed E-state index contributed by atoms with van der Waals surface area (Å²) >= 11 is 0. The van der Waals surface area contributed by atoms with Crippen molar-refractivity contribution in [1.29, 1.82) is 0 Å². The van der Waals surface area contributed by atoms with Crippen LogP contribution in [0.4, 0.5) is 0 Å². The lowest BCUT2D eigenvalue weighted by molar-refractivity contribution is -0.151. The van der Waals surface area contributed by atoms with Crippen LogP contribution in [-0.2, 0) is 14.3 Å². The molecule has 0 aromatic carbocycles. The lowest BCUT2D eigenvalue weighted by atomic mass is 10.0. The SMILES string of the molecule is CCCCCCCCCCCCCCCCCCCC(=O)OC(CCCCCCCCC)CC(=O)NC(CO)C(O)CCCCCCCCCCCCCCCCCCC. The number of aliphatic hydroxyl groups is 2. The van der Waals surface area contributed by atoms with Gasteiger partial charge in [-0.25, -0.2) is 0 Å². The lowest BCUT2D eigenvalue weighted by Gasteiger charge is -2.24. The van der Waals surface area contributed by atoms with Gasteiger partial charge in [0.25, 0.3) is 0 Å². The zero-order valence-corrected chi connectivity index (χ0v) is 40.9. The van der Waals surface area contributed by atoms with E-state index in [1.54, 1.807) is 0 Å². The molecule has 6 nitrogen and oxygen atoms in total. The fourth-order valence-corrected chi connectivity index (χ4v) is 8.79. The molecule has 0 saturated heterocycles. The highest BCUT2D eigenvalue weighted by atomic mass is 16.5. The van der Waals surface area contributed by atoms with Crippen molar-refractivity contribution in [3.63, 3.8) is 0 Å². The molecule has 0 aliphatic heterocycles. The maximum absolute atomic E-state index is 13.2. The summed E-state index contributed by atoms with van der Waals surface area (Å²) in [4.78, 5) is 26.0. The number of unbranched alkanes of at least 4 members (excludes halogenated alkanes) is 38. The molecule has 0 heterocycles. The normalized spacial score (nSPS) is 13.1. The van der Waals surface area contributed by atoms with E-state index in [2.05, 4.69) is 26.1 Å². The smallest absolute Gasteiger partial charge is 0.306 e. The van der Waals surface area contributed by atoms with E-state index in [-0.39, 0.29) is 24.9 Å². The Morgan fingerprint density at radius 1 is 0.417 bits per heavy atom. The van der Waals surface area contributed by atoms with Crippen LogP contribution in [0, 0.1) is 0 Å². The van der Waals surface area contributed by atoms with Gasteiger partial charge < -0.3 is 20.3 Å². The monoisotopic (exact) mass is 850 g/mol. The second-order valence-corrected chi connectivity index (χ2v) is 19.0. The maximum Gasteiger partial charge on any atom is 0.306 e. The number of ether oxygens (including phenoxy) is 1. The predicted molar refractivity (Wildman–Crippen MR) is 260 cm³/mol. The molecule has 3 atom stereocenters. The first-order chi connectivity index (χ1) is 29.5. The van der Waals surface area contributed by atoms with E-state index in [0.717, 1.165) is 38.5 Å². The molecule has 3 N–H and O–H groups in total. The molecule has 0 bridgehead atoms. The first kappa shape index (κ1) is 58.9. The number of carbonyl (C=O) groups is 2.